The average molecular weight is 292 g/mol. The molecule has 1 aromatic rings. The maximum atomic E-state index is 5.78. The third kappa shape index (κ3) is 4.19. The topological polar surface area (TPSA) is 80.0 Å². The Kier molecular flexibility index (Phi) is 4.00. The van der Waals surface area contributed by atoms with Crippen LogP contribution in [0.4, 0.5) is 17.8 Å². The Morgan fingerprint density at radius 1 is 1.05 bits per heavy atom. The van der Waals surface area contributed by atoms with Gasteiger partial charge in [0, 0.05) is 20.1 Å². The van der Waals surface area contributed by atoms with E-state index in [0.717, 1.165) is 12.8 Å². The Morgan fingerprint density at radius 2 is 1.62 bits per heavy atom. The fourth-order valence-corrected chi connectivity index (χ4v) is 3.78. The first-order valence-electron chi connectivity index (χ1n) is 7.52. The van der Waals surface area contributed by atoms with E-state index in [2.05, 4.69) is 48.0 Å². The molecule has 21 heavy (non-hydrogen) atoms. The van der Waals surface area contributed by atoms with Gasteiger partial charge < -0.3 is 16.0 Å². The van der Waals surface area contributed by atoms with E-state index in [1.807, 2.05) is 19.0 Å². The Hall–Kier alpha value is -1.59. The van der Waals surface area contributed by atoms with Crippen molar-refractivity contribution in [1.29, 1.82) is 0 Å². The van der Waals surface area contributed by atoms with Crippen LogP contribution in [0, 0.1) is 10.8 Å². The van der Waals surface area contributed by atoms with Crippen LogP contribution in [0.15, 0.2) is 0 Å². The number of nitrogens with one attached hydrogen (secondary N) is 1. The van der Waals surface area contributed by atoms with Crippen molar-refractivity contribution in [1.82, 2.24) is 15.0 Å². The molecule has 3 N–H and O–H groups in total. The number of aromatic nitrogens is 3. The molecule has 118 valence electrons. The summed E-state index contributed by atoms with van der Waals surface area (Å²) >= 11 is 0. The maximum Gasteiger partial charge on any atom is 0.231 e. The van der Waals surface area contributed by atoms with Gasteiger partial charge in [-0.25, -0.2) is 0 Å². The van der Waals surface area contributed by atoms with Crippen LogP contribution in [0.3, 0.4) is 0 Å². The highest BCUT2D eigenvalue weighted by atomic mass is 15.3. The average Bonchev–Trinajstić information content (AvgIpc) is 2.22. The van der Waals surface area contributed by atoms with Crippen LogP contribution in [0.2, 0.25) is 0 Å². The molecule has 0 saturated heterocycles. The zero-order chi connectivity index (χ0) is 15.8. The van der Waals surface area contributed by atoms with E-state index < -0.39 is 0 Å². The lowest BCUT2D eigenvalue weighted by Gasteiger charge is -2.45. The maximum absolute atomic E-state index is 5.78. The molecule has 1 aliphatic rings. The number of anilines is 3. The van der Waals surface area contributed by atoms with Crippen LogP contribution in [0.25, 0.3) is 0 Å². The van der Waals surface area contributed by atoms with E-state index in [9.17, 15) is 0 Å². The van der Waals surface area contributed by atoms with Crippen LogP contribution in [0.5, 0.6) is 0 Å². The van der Waals surface area contributed by atoms with Gasteiger partial charge in [-0.15, -0.1) is 0 Å². The fourth-order valence-electron chi connectivity index (χ4n) is 3.78. The number of hydrogen-bond donors (Lipinski definition) is 2. The van der Waals surface area contributed by atoms with Crippen LogP contribution in [0.1, 0.15) is 47.0 Å². The third-order valence-corrected chi connectivity index (χ3v) is 3.93. The summed E-state index contributed by atoms with van der Waals surface area (Å²) in [5.74, 6) is 1.41. The molecular formula is C15H28N6. The summed E-state index contributed by atoms with van der Waals surface area (Å²) in [4.78, 5) is 14.6. The van der Waals surface area contributed by atoms with Crippen molar-refractivity contribution in [3.05, 3.63) is 0 Å². The second-order valence-corrected chi connectivity index (χ2v) is 7.97. The van der Waals surface area contributed by atoms with Gasteiger partial charge in [0.2, 0.25) is 17.8 Å². The standard InChI is InChI=1S/C15H28N6/c1-14(2)7-10(8-15(3,4)9-14)17-12-18-11(16)19-13(20-12)21(5)6/h10H,7-9H2,1-6H3,(H3,16,17,18,19,20). The number of rotatable bonds is 3. The highest BCUT2D eigenvalue weighted by Crippen LogP contribution is 2.46. The third-order valence-electron chi connectivity index (χ3n) is 3.93. The van der Waals surface area contributed by atoms with Crippen LogP contribution in [-0.2, 0) is 0 Å². The Bertz CT molecular complexity index is 493. The molecule has 0 radical (unpaired) electrons. The van der Waals surface area contributed by atoms with E-state index in [1.54, 1.807) is 0 Å². The molecule has 1 heterocycles. The molecule has 0 bridgehead atoms. The summed E-state index contributed by atoms with van der Waals surface area (Å²) in [6.07, 6.45) is 3.46. The number of hydrogen-bond acceptors (Lipinski definition) is 6. The second-order valence-electron chi connectivity index (χ2n) is 7.97. The van der Waals surface area contributed by atoms with E-state index in [0.29, 0.717) is 28.8 Å². The van der Waals surface area contributed by atoms with Crippen molar-refractivity contribution in [2.45, 2.75) is 53.0 Å². The number of nitrogens with zero attached hydrogens (tertiary/aromatic N) is 4. The van der Waals surface area contributed by atoms with E-state index in [1.165, 1.54) is 6.42 Å². The zero-order valence-electron chi connectivity index (χ0n) is 14.1. The van der Waals surface area contributed by atoms with Gasteiger partial charge in [-0.05, 0) is 30.1 Å². The Labute approximate surface area is 127 Å². The zero-order valence-corrected chi connectivity index (χ0v) is 14.1. The lowest BCUT2D eigenvalue weighted by molar-refractivity contribution is 0.105. The van der Waals surface area contributed by atoms with E-state index in [4.69, 9.17) is 5.73 Å². The molecule has 1 aliphatic carbocycles. The van der Waals surface area contributed by atoms with Gasteiger partial charge in [0.15, 0.2) is 0 Å². The van der Waals surface area contributed by atoms with Crippen molar-refractivity contribution >= 4 is 17.8 Å². The summed E-state index contributed by atoms with van der Waals surface area (Å²) in [6.45, 7) is 9.32. The van der Waals surface area contributed by atoms with Gasteiger partial charge in [0.1, 0.15) is 0 Å². The van der Waals surface area contributed by atoms with Crippen molar-refractivity contribution in [2.24, 2.45) is 10.8 Å². The summed E-state index contributed by atoms with van der Waals surface area (Å²) in [5.41, 5.74) is 6.42. The van der Waals surface area contributed by atoms with Gasteiger partial charge in [0.25, 0.3) is 0 Å². The highest BCUT2D eigenvalue weighted by Gasteiger charge is 2.38. The molecule has 0 atom stereocenters. The number of nitrogen functional groups attached to an aromatic ring is 1. The molecule has 0 unspecified atom stereocenters. The summed E-state index contributed by atoms with van der Waals surface area (Å²) in [5, 5.41) is 3.46. The second kappa shape index (κ2) is 5.31. The normalized spacial score (nSPS) is 21.0. The van der Waals surface area contributed by atoms with Crippen LogP contribution in [-0.4, -0.2) is 35.1 Å². The first-order valence-corrected chi connectivity index (χ1v) is 7.52. The van der Waals surface area contributed by atoms with Gasteiger partial charge in [-0.2, -0.15) is 15.0 Å². The molecule has 0 spiro atoms. The summed E-state index contributed by atoms with van der Waals surface area (Å²) in [7, 11) is 3.79. The van der Waals surface area contributed by atoms with Gasteiger partial charge in [-0.3, -0.25) is 0 Å². The minimum Gasteiger partial charge on any atom is -0.368 e. The molecule has 6 heteroatoms. The number of nitrogens with two attached hydrogens (primary N) is 1. The quantitative estimate of drug-likeness (QED) is 0.891. The predicted molar refractivity (Wildman–Crippen MR) is 87.4 cm³/mol. The SMILES string of the molecule is CN(C)c1nc(N)nc(NC2CC(C)(C)CC(C)(C)C2)n1. The molecule has 1 aromatic heterocycles. The largest absolute Gasteiger partial charge is 0.368 e. The molecule has 0 aromatic carbocycles. The fraction of sp³-hybridized carbons (Fsp3) is 0.800. The first-order chi connectivity index (χ1) is 9.56. The van der Waals surface area contributed by atoms with Crippen LogP contribution >= 0.6 is 0 Å². The lowest BCUT2D eigenvalue weighted by Crippen LogP contribution is -2.40. The minimum atomic E-state index is 0.255. The predicted octanol–water partition coefficient (Wildman–Crippen LogP) is 2.54. The van der Waals surface area contributed by atoms with E-state index >= 15 is 0 Å². The van der Waals surface area contributed by atoms with Crippen molar-refractivity contribution in [3.63, 3.8) is 0 Å². The van der Waals surface area contributed by atoms with Crippen molar-refractivity contribution < 1.29 is 0 Å². The molecule has 2 rings (SSSR count). The van der Waals surface area contributed by atoms with Gasteiger partial charge in [-0.1, -0.05) is 27.7 Å². The summed E-state index contributed by atoms with van der Waals surface area (Å²) < 4.78 is 0. The van der Waals surface area contributed by atoms with Crippen LogP contribution < -0.4 is 16.0 Å². The Balaban J connectivity index is 2.18. The molecule has 1 saturated carbocycles. The lowest BCUT2D eigenvalue weighted by atomic mass is 9.63. The van der Waals surface area contributed by atoms with E-state index in [-0.39, 0.29) is 5.95 Å². The first kappa shape index (κ1) is 15.8. The molecular weight excluding hydrogens is 264 g/mol. The molecule has 1 fully saturated rings. The highest BCUT2D eigenvalue weighted by molar-refractivity contribution is 5.41. The molecule has 0 amide bonds. The van der Waals surface area contributed by atoms with Crippen molar-refractivity contribution in [3.8, 4) is 0 Å². The molecule has 6 nitrogen and oxygen atoms in total. The smallest absolute Gasteiger partial charge is 0.231 e. The monoisotopic (exact) mass is 292 g/mol. The Morgan fingerprint density at radius 3 is 2.14 bits per heavy atom. The molecule has 0 aliphatic heterocycles. The van der Waals surface area contributed by atoms with Gasteiger partial charge >= 0.3 is 0 Å². The minimum absolute atomic E-state index is 0.255. The summed E-state index contributed by atoms with van der Waals surface area (Å²) in [6, 6.07) is 0.362. The van der Waals surface area contributed by atoms with Crippen molar-refractivity contribution in [2.75, 3.05) is 30.0 Å². The van der Waals surface area contributed by atoms with Gasteiger partial charge in [0.05, 0.1) is 0 Å².